The zero-order valence-electron chi connectivity index (χ0n) is 14.6. The summed E-state index contributed by atoms with van der Waals surface area (Å²) in [6, 6.07) is 16.2. The van der Waals surface area contributed by atoms with Gasteiger partial charge in [0.05, 0.1) is 7.11 Å². The Bertz CT molecular complexity index is 665. The highest BCUT2D eigenvalue weighted by molar-refractivity contribution is 5.92. The van der Waals surface area contributed by atoms with Gasteiger partial charge in [0.2, 0.25) is 0 Å². The smallest absolute Gasteiger partial charge is 0.193 e. The van der Waals surface area contributed by atoms with Crippen LogP contribution >= 0.6 is 0 Å². The second-order valence-corrected chi connectivity index (χ2v) is 5.79. The highest BCUT2D eigenvalue weighted by Crippen LogP contribution is 2.16. The van der Waals surface area contributed by atoms with Crippen LogP contribution in [-0.2, 0) is 6.42 Å². The lowest BCUT2D eigenvalue weighted by molar-refractivity contribution is 0.415. The highest BCUT2D eigenvalue weighted by Gasteiger charge is 1.99. The van der Waals surface area contributed by atoms with E-state index < -0.39 is 0 Å². The lowest BCUT2D eigenvalue weighted by Crippen LogP contribution is -2.22. The molecule has 0 aromatic heterocycles. The normalized spacial score (nSPS) is 11.2. The average Bonchev–Trinajstić information content (AvgIpc) is 2.59. The molecule has 0 atom stereocenters. The molecular formula is C19H26N4O. The Morgan fingerprint density at radius 3 is 2.58 bits per heavy atom. The number of hydrogen-bond donors (Lipinski definition) is 2. The van der Waals surface area contributed by atoms with Gasteiger partial charge >= 0.3 is 0 Å². The number of ether oxygens (including phenoxy) is 1. The molecule has 0 bridgehead atoms. The van der Waals surface area contributed by atoms with Gasteiger partial charge < -0.3 is 20.7 Å². The maximum absolute atomic E-state index is 5.92. The standard InChI is InChI=1S/C19H26N4O/c1-23(2)17-11-9-15(10-12-17)6-5-13-21-19(20)22-16-7-4-8-18(14-16)24-3/h4,7-12,14H,5-6,13H2,1-3H3,(H3,20,21,22). The number of aryl methyl sites for hydroxylation is 1. The molecule has 0 amide bonds. The molecule has 0 heterocycles. The number of rotatable bonds is 7. The van der Waals surface area contributed by atoms with Crippen molar-refractivity contribution >= 4 is 17.3 Å². The van der Waals surface area contributed by atoms with Crippen molar-refractivity contribution in [2.75, 3.05) is 38.0 Å². The maximum Gasteiger partial charge on any atom is 0.193 e. The van der Waals surface area contributed by atoms with E-state index in [0.29, 0.717) is 12.5 Å². The molecule has 2 rings (SSSR count). The number of anilines is 2. The average molecular weight is 326 g/mol. The largest absolute Gasteiger partial charge is 0.497 e. The third kappa shape index (κ3) is 5.50. The van der Waals surface area contributed by atoms with Gasteiger partial charge in [0, 0.05) is 38.1 Å². The molecule has 0 saturated heterocycles. The first-order valence-electron chi connectivity index (χ1n) is 8.06. The number of nitrogens with one attached hydrogen (secondary N) is 1. The Labute approximate surface area is 144 Å². The Morgan fingerprint density at radius 1 is 1.17 bits per heavy atom. The monoisotopic (exact) mass is 326 g/mol. The maximum atomic E-state index is 5.92. The van der Waals surface area contributed by atoms with Crippen LogP contribution < -0.4 is 20.7 Å². The molecule has 0 fully saturated rings. The van der Waals surface area contributed by atoms with E-state index in [1.165, 1.54) is 11.3 Å². The summed E-state index contributed by atoms with van der Waals surface area (Å²) in [4.78, 5) is 6.47. The molecule has 128 valence electrons. The zero-order valence-corrected chi connectivity index (χ0v) is 14.6. The summed E-state index contributed by atoms with van der Waals surface area (Å²) in [5, 5.41) is 3.08. The van der Waals surface area contributed by atoms with E-state index in [2.05, 4.69) is 39.5 Å². The predicted octanol–water partition coefficient (Wildman–Crippen LogP) is 3.12. The molecule has 0 aliphatic carbocycles. The van der Waals surface area contributed by atoms with Crippen LogP contribution in [0, 0.1) is 0 Å². The fourth-order valence-electron chi connectivity index (χ4n) is 2.33. The van der Waals surface area contributed by atoms with Crippen molar-refractivity contribution in [2.45, 2.75) is 12.8 Å². The van der Waals surface area contributed by atoms with E-state index in [1.54, 1.807) is 7.11 Å². The van der Waals surface area contributed by atoms with Crippen LogP contribution in [0.1, 0.15) is 12.0 Å². The van der Waals surface area contributed by atoms with Crippen LogP contribution in [0.4, 0.5) is 11.4 Å². The van der Waals surface area contributed by atoms with Crippen molar-refractivity contribution in [1.29, 1.82) is 0 Å². The Kier molecular flexibility index (Phi) is 6.49. The van der Waals surface area contributed by atoms with Gasteiger partial charge in [0.1, 0.15) is 5.75 Å². The zero-order chi connectivity index (χ0) is 17.4. The Balaban J connectivity index is 1.78. The van der Waals surface area contributed by atoms with Gasteiger partial charge in [0.25, 0.3) is 0 Å². The molecule has 0 spiro atoms. The molecule has 0 aliphatic rings. The molecule has 0 aliphatic heterocycles. The molecule has 0 radical (unpaired) electrons. The minimum Gasteiger partial charge on any atom is -0.497 e. The predicted molar refractivity (Wildman–Crippen MR) is 102 cm³/mol. The SMILES string of the molecule is COc1cccc(NC(N)=NCCCc2ccc(N(C)C)cc2)c1. The van der Waals surface area contributed by atoms with Crippen LogP contribution in [0.3, 0.4) is 0 Å². The fraction of sp³-hybridized carbons (Fsp3) is 0.316. The van der Waals surface area contributed by atoms with Crippen LogP contribution in [0.25, 0.3) is 0 Å². The highest BCUT2D eigenvalue weighted by atomic mass is 16.5. The number of nitrogens with zero attached hydrogens (tertiary/aromatic N) is 2. The van der Waals surface area contributed by atoms with E-state index >= 15 is 0 Å². The molecule has 2 aromatic rings. The van der Waals surface area contributed by atoms with Crippen molar-refractivity contribution in [3.63, 3.8) is 0 Å². The molecule has 5 heteroatoms. The van der Waals surface area contributed by atoms with Crippen molar-refractivity contribution in [1.82, 2.24) is 0 Å². The van der Waals surface area contributed by atoms with Crippen LogP contribution in [0.2, 0.25) is 0 Å². The third-order valence-electron chi connectivity index (χ3n) is 3.70. The number of hydrogen-bond acceptors (Lipinski definition) is 3. The van der Waals surface area contributed by atoms with Crippen molar-refractivity contribution < 1.29 is 4.74 Å². The second kappa shape index (κ2) is 8.82. The third-order valence-corrected chi connectivity index (χ3v) is 3.70. The van der Waals surface area contributed by atoms with Gasteiger partial charge in [-0.1, -0.05) is 18.2 Å². The minimum atomic E-state index is 0.422. The molecule has 5 nitrogen and oxygen atoms in total. The van der Waals surface area contributed by atoms with Crippen LogP contribution in [0.5, 0.6) is 5.75 Å². The summed E-state index contributed by atoms with van der Waals surface area (Å²) in [6.07, 6.45) is 1.95. The first kappa shape index (κ1) is 17.7. The minimum absolute atomic E-state index is 0.422. The van der Waals surface area contributed by atoms with Gasteiger partial charge in [-0.25, -0.2) is 0 Å². The van der Waals surface area contributed by atoms with Crippen molar-refractivity contribution in [3.8, 4) is 5.75 Å². The first-order chi connectivity index (χ1) is 11.6. The van der Waals surface area contributed by atoms with Gasteiger partial charge in [-0.05, 0) is 42.7 Å². The van der Waals surface area contributed by atoms with E-state index in [4.69, 9.17) is 10.5 Å². The summed E-state index contributed by atoms with van der Waals surface area (Å²) < 4.78 is 5.18. The number of methoxy groups -OCH3 is 1. The molecule has 24 heavy (non-hydrogen) atoms. The lowest BCUT2D eigenvalue weighted by Gasteiger charge is -2.12. The second-order valence-electron chi connectivity index (χ2n) is 5.79. The fourth-order valence-corrected chi connectivity index (χ4v) is 2.33. The summed E-state index contributed by atoms with van der Waals surface area (Å²) >= 11 is 0. The molecule has 0 saturated carbocycles. The molecule has 0 unspecified atom stereocenters. The van der Waals surface area contributed by atoms with E-state index in [9.17, 15) is 0 Å². The number of aliphatic imine (C=N–C) groups is 1. The van der Waals surface area contributed by atoms with E-state index in [1.807, 2.05) is 38.4 Å². The number of benzene rings is 2. The van der Waals surface area contributed by atoms with Crippen molar-refractivity contribution in [2.24, 2.45) is 10.7 Å². The molecular weight excluding hydrogens is 300 g/mol. The van der Waals surface area contributed by atoms with Crippen LogP contribution in [0.15, 0.2) is 53.5 Å². The van der Waals surface area contributed by atoms with Gasteiger partial charge in [-0.15, -0.1) is 0 Å². The summed E-state index contributed by atoms with van der Waals surface area (Å²) in [5.41, 5.74) is 9.32. The summed E-state index contributed by atoms with van der Waals surface area (Å²) in [7, 11) is 5.73. The number of nitrogens with two attached hydrogens (primary N) is 1. The first-order valence-corrected chi connectivity index (χ1v) is 8.06. The summed E-state index contributed by atoms with van der Waals surface area (Å²) in [6.45, 7) is 0.693. The lowest BCUT2D eigenvalue weighted by atomic mass is 10.1. The van der Waals surface area contributed by atoms with E-state index in [-0.39, 0.29) is 0 Å². The van der Waals surface area contributed by atoms with Crippen molar-refractivity contribution in [3.05, 3.63) is 54.1 Å². The number of guanidine groups is 1. The molecule has 3 N–H and O–H groups in total. The van der Waals surface area contributed by atoms with E-state index in [0.717, 1.165) is 24.3 Å². The Hall–Kier alpha value is -2.69. The van der Waals surface area contributed by atoms with Gasteiger partial charge in [-0.2, -0.15) is 0 Å². The topological polar surface area (TPSA) is 62.9 Å². The van der Waals surface area contributed by atoms with Crippen LogP contribution in [-0.4, -0.2) is 33.7 Å². The van der Waals surface area contributed by atoms with Gasteiger partial charge in [0.15, 0.2) is 5.96 Å². The quantitative estimate of drug-likeness (QED) is 0.466. The molecule has 2 aromatic carbocycles. The van der Waals surface area contributed by atoms with Gasteiger partial charge in [-0.3, -0.25) is 4.99 Å². The Morgan fingerprint density at radius 2 is 1.92 bits per heavy atom. The summed E-state index contributed by atoms with van der Waals surface area (Å²) in [5.74, 6) is 1.21.